The summed E-state index contributed by atoms with van der Waals surface area (Å²) in [5.41, 5.74) is 9.34. The van der Waals surface area contributed by atoms with Gasteiger partial charge in [0.1, 0.15) is 0 Å². The van der Waals surface area contributed by atoms with E-state index in [0.717, 1.165) is 36.3 Å². The topological polar surface area (TPSA) is 58.4 Å². The lowest BCUT2D eigenvalue weighted by Crippen LogP contribution is -2.35. The molecule has 1 aliphatic carbocycles. The fourth-order valence-electron chi connectivity index (χ4n) is 3.92. The zero-order valence-electron chi connectivity index (χ0n) is 13.3. The smallest absolute Gasteiger partial charge is 0.238 e. The van der Waals surface area contributed by atoms with Crippen molar-refractivity contribution < 1.29 is 4.79 Å². The number of fused-ring (bicyclic) bond motifs is 1. The van der Waals surface area contributed by atoms with Crippen molar-refractivity contribution in [2.75, 3.05) is 25.0 Å². The second kappa shape index (κ2) is 6.99. The van der Waals surface area contributed by atoms with Crippen LogP contribution in [0.3, 0.4) is 0 Å². The highest BCUT2D eigenvalue weighted by Gasteiger charge is 2.41. The summed E-state index contributed by atoms with van der Waals surface area (Å²) in [5, 5.41) is 3.07. The molecule has 1 aromatic rings. The number of anilines is 1. The van der Waals surface area contributed by atoms with Gasteiger partial charge in [0.25, 0.3) is 0 Å². The van der Waals surface area contributed by atoms with Crippen molar-refractivity contribution in [1.29, 1.82) is 0 Å². The highest BCUT2D eigenvalue weighted by Crippen LogP contribution is 2.36. The van der Waals surface area contributed by atoms with Crippen LogP contribution in [0.1, 0.15) is 24.0 Å². The Hall–Kier alpha value is -1.10. The van der Waals surface area contributed by atoms with Crippen LogP contribution >= 0.6 is 12.4 Å². The van der Waals surface area contributed by atoms with Gasteiger partial charge >= 0.3 is 0 Å². The normalized spacial score (nSPS) is 27.3. The number of nitrogens with two attached hydrogens (primary N) is 1. The van der Waals surface area contributed by atoms with Crippen molar-refractivity contribution in [3.63, 3.8) is 0 Å². The van der Waals surface area contributed by atoms with Crippen LogP contribution in [0.4, 0.5) is 5.69 Å². The Morgan fingerprint density at radius 2 is 1.95 bits per heavy atom. The number of halogens is 1. The maximum Gasteiger partial charge on any atom is 0.238 e. The van der Waals surface area contributed by atoms with Crippen molar-refractivity contribution >= 4 is 24.0 Å². The molecule has 3 atom stereocenters. The van der Waals surface area contributed by atoms with E-state index in [1.54, 1.807) is 0 Å². The van der Waals surface area contributed by atoms with E-state index in [9.17, 15) is 4.79 Å². The average molecular weight is 324 g/mol. The summed E-state index contributed by atoms with van der Waals surface area (Å²) in [6.45, 7) is 6.54. The minimum Gasteiger partial charge on any atom is -0.327 e. The molecular weight excluding hydrogens is 298 g/mol. The third kappa shape index (κ3) is 3.45. The zero-order valence-corrected chi connectivity index (χ0v) is 14.2. The molecule has 2 fully saturated rings. The standard InChI is InChI=1S/C17H25N3O.ClH/c1-11-4-3-5-12(2)17(11)19-16(21)10-20-8-13-6-7-15(18)14(13)9-20;/h3-5,13-15H,6-10,18H2,1-2H3,(H,19,21);1H. The number of carbonyl (C=O) groups excluding carboxylic acids is 1. The highest BCUT2D eigenvalue weighted by atomic mass is 35.5. The van der Waals surface area contributed by atoms with E-state index in [4.69, 9.17) is 5.73 Å². The molecule has 1 aliphatic heterocycles. The molecular formula is C17H26ClN3O. The second-order valence-electron chi connectivity index (χ2n) is 6.67. The molecule has 1 amide bonds. The van der Waals surface area contributed by atoms with Crippen molar-refractivity contribution in [3.8, 4) is 0 Å². The van der Waals surface area contributed by atoms with Gasteiger partial charge in [-0.15, -0.1) is 12.4 Å². The van der Waals surface area contributed by atoms with Crippen LogP contribution in [0.15, 0.2) is 18.2 Å². The number of nitrogens with zero attached hydrogens (tertiary/aromatic N) is 1. The fraction of sp³-hybridized carbons (Fsp3) is 0.588. The summed E-state index contributed by atoms with van der Waals surface area (Å²) in [4.78, 5) is 14.6. The second-order valence-corrected chi connectivity index (χ2v) is 6.67. The van der Waals surface area contributed by atoms with Crippen LogP contribution < -0.4 is 11.1 Å². The van der Waals surface area contributed by atoms with Crippen molar-refractivity contribution in [3.05, 3.63) is 29.3 Å². The van der Waals surface area contributed by atoms with Gasteiger partial charge in [0.15, 0.2) is 0 Å². The van der Waals surface area contributed by atoms with Gasteiger partial charge in [-0.3, -0.25) is 9.69 Å². The highest BCUT2D eigenvalue weighted by molar-refractivity contribution is 5.93. The van der Waals surface area contributed by atoms with Gasteiger partial charge in [0.2, 0.25) is 5.91 Å². The lowest BCUT2D eigenvalue weighted by atomic mass is 9.98. The predicted molar refractivity (Wildman–Crippen MR) is 92.4 cm³/mol. The van der Waals surface area contributed by atoms with E-state index in [-0.39, 0.29) is 18.3 Å². The number of hydrogen-bond donors (Lipinski definition) is 2. The number of rotatable bonds is 3. The maximum absolute atomic E-state index is 12.3. The van der Waals surface area contributed by atoms with Gasteiger partial charge in [0, 0.05) is 24.8 Å². The molecule has 0 spiro atoms. The van der Waals surface area contributed by atoms with Crippen LogP contribution in [0, 0.1) is 25.7 Å². The Balaban J connectivity index is 0.00000176. The Morgan fingerprint density at radius 3 is 2.59 bits per heavy atom. The zero-order chi connectivity index (χ0) is 15.0. The summed E-state index contributed by atoms with van der Waals surface area (Å²) in [6.07, 6.45) is 2.37. The predicted octanol–water partition coefficient (Wildman–Crippen LogP) is 2.33. The summed E-state index contributed by atoms with van der Waals surface area (Å²) in [7, 11) is 0. The quantitative estimate of drug-likeness (QED) is 0.897. The summed E-state index contributed by atoms with van der Waals surface area (Å²) < 4.78 is 0. The molecule has 3 unspecified atom stereocenters. The first kappa shape index (κ1) is 17.3. The maximum atomic E-state index is 12.3. The van der Waals surface area contributed by atoms with Crippen LogP contribution in [0.25, 0.3) is 0 Å². The molecule has 2 aliphatic rings. The summed E-state index contributed by atoms with van der Waals surface area (Å²) in [5.74, 6) is 1.38. The molecule has 122 valence electrons. The van der Waals surface area contributed by atoms with Crippen LogP contribution in [0.2, 0.25) is 0 Å². The van der Waals surface area contributed by atoms with Crippen LogP contribution in [-0.4, -0.2) is 36.5 Å². The Labute approximate surface area is 138 Å². The van der Waals surface area contributed by atoms with E-state index in [0.29, 0.717) is 24.4 Å². The van der Waals surface area contributed by atoms with Crippen molar-refractivity contribution in [2.24, 2.45) is 17.6 Å². The fourth-order valence-corrected chi connectivity index (χ4v) is 3.92. The lowest BCUT2D eigenvalue weighted by molar-refractivity contribution is -0.117. The van der Waals surface area contributed by atoms with E-state index < -0.39 is 0 Å². The largest absolute Gasteiger partial charge is 0.327 e. The number of aryl methyl sites for hydroxylation is 2. The number of carbonyl (C=O) groups is 1. The van der Waals surface area contributed by atoms with E-state index in [2.05, 4.69) is 10.2 Å². The van der Waals surface area contributed by atoms with Crippen LogP contribution in [0.5, 0.6) is 0 Å². The molecule has 5 heteroatoms. The molecule has 1 aromatic carbocycles. The first-order chi connectivity index (χ1) is 10.0. The third-order valence-electron chi connectivity index (χ3n) is 5.10. The molecule has 3 N–H and O–H groups in total. The first-order valence-electron chi connectivity index (χ1n) is 7.88. The molecule has 1 heterocycles. The number of benzene rings is 1. The molecule has 0 aromatic heterocycles. The molecule has 3 rings (SSSR count). The van der Waals surface area contributed by atoms with Gasteiger partial charge in [-0.2, -0.15) is 0 Å². The monoisotopic (exact) mass is 323 g/mol. The van der Waals surface area contributed by atoms with Gasteiger partial charge < -0.3 is 11.1 Å². The van der Waals surface area contributed by atoms with Gasteiger partial charge in [-0.1, -0.05) is 18.2 Å². The van der Waals surface area contributed by atoms with E-state index in [1.165, 1.54) is 6.42 Å². The Morgan fingerprint density at radius 1 is 1.27 bits per heavy atom. The lowest BCUT2D eigenvalue weighted by Gasteiger charge is -2.19. The molecule has 4 nitrogen and oxygen atoms in total. The Bertz CT molecular complexity index is 528. The summed E-state index contributed by atoms with van der Waals surface area (Å²) >= 11 is 0. The van der Waals surface area contributed by atoms with Gasteiger partial charge in [-0.25, -0.2) is 0 Å². The molecule has 0 radical (unpaired) electrons. The molecule has 0 bridgehead atoms. The number of nitrogens with one attached hydrogen (secondary N) is 1. The minimum atomic E-state index is 0. The van der Waals surface area contributed by atoms with Crippen LogP contribution in [-0.2, 0) is 4.79 Å². The number of para-hydroxylation sites is 1. The average Bonchev–Trinajstić information content (AvgIpc) is 2.97. The molecule has 22 heavy (non-hydrogen) atoms. The number of hydrogen-bond acceptors (Lipinski definition) is 3. The first-order valence-corrected chi connectivity index (χ1v) is 7.88. The van der Waals surface area contributed by atoms with Gasteiger partial charge in [-0.05, 0) is 49.7 Å². The van der Waals surface area contributed by atoms with E-state index >= 15 is 0 Å². The van der Waals surface area contributed by atoms with Crippen molar-refractivity contribution in [2.45, 2.75) is 32.7 Å². The van der Waals surface area contributed by atoms with E-state index in [1.807, 2.05) is 32.0 Å². The SMILES string of the molecule is Cc1cccc(C)c1NC(=O)CN1CC2CCC(N)C2C1.Cl. The number of likely N-dealkylation sites (tertiary alicyclic amines) is 1. The number of amides is 1. The third-order valence-corrected chi connectivity index (χ3v) is 5.10. The summed E-state index contributed by atoms with van der Waals surface area (Å²) in [6, 6.07) is 6.41. The minimum absolute atomic E-state index is 0. The van der Waals surface area contributed by atoms with Gasteiger partial charge in [0.05, 0.1) is 6.54 Å². The molecule has 1 saturated carbocycles. The molecule has 1 saturated heterocycles. The Kier molecular flexibility index (Phi) is 5.48. The van der Waals surface area contributed by atoms with Crippen molar-refractivity contribution in [1.82, 2.24) is 4.90 Å².